The average Bonchev–Trinajstić information content (AvgIpc) is 4.14. The molecule has 15 nitrogen and oxygen atoms in total. The molecule has 2 aromatic heterocycles. The van der Waals surface area contributed by atoms with Crippen molar-refractivity contribution in [2.45, 2.75) is 57.3 Å². The van der Waals surface area contributed by atoms with Crippen LogP contribution in [0.25, 0.3) is 44.4 Å². The summed E-state index contributed by atoms with van der Waals surface area (Å²) in [7, 11) is 2.52. The highest BCUT2D eigenvalue weighted by Gasteiger charge is 2.41. The molecule has 0 bridgehead atoms. The van der Waals surface area contributed by atoms with Crippen LogP contribution in [0.5, 0.6) is 0 Å². The first-order valence-electron chi connectivity index (χ1n) is 20.6. The summed E-state index contributed by atoms with van der Waals surface area (Å²) in [5, 5.41) is 7.45. The van der Waals surface area contributed by atoms with E-state index in [1.807, 2.05) is 44.2 Å². The molecule has 6 aromatic rings. The van der Waals surface area contributed by atoms with Crippen molar-refractivity contribution in [2.24, 2.45) is 5.92 Å². The lowest BCUT2D eigenvalue weighted by molar-refractivity contribution is -0.136. The smallest absolute Gasteiger partial charge is 0.407 e. The average molecular weight is 837 g/mol. The van der Waals surface area contributed by atoms with Crippen LogP contribution < -0.4 is 10.6 Å². The second-order valence-corrected chi connectivity index (χ2v) is 16.0. The molecule has 0 aliphatic carbocycles. The van der Waals surface area contributed by atoms with Crippen LogP contribution in [0.2, 0.25) is 0 Å². The summed E-state index contributed by atoms with van der Waals surface area (Å²) in [4.78, 5) is 83.8. The number of hydrogen-bond acceptors (Lipinski definition) is 9. The fourth-order valence-electron chi connectivity index (χ4n) is 8.38. The van der Waals surface area contributed by atoms with Crippen molar-refractivity contribution in [1.82, 2.24) is 40.4 Å². The normalized spacial score (nSPS) is 17.3. The van der Waals surface area contributed by atoms with Gasteiger partial charge in [-0.3, -0.25) is 14.4 Å². The number of alkyl carbamates (subject to hydrolysis) is 2. The Balaban J connectivity index is 0.952. The highest BCUT2D eigenvalue weighted by Crippen LogP contribution is 2.36. The molecule has 2 fully saturated rings. The predicted molar refractivity (Wildman–Crippen MR) is 231 cm³/mol. The second kappa shape index (κ2) is 17.7. The van der Waals surface area contributed by atoms with Gasteiger partial charge in [-0.15, -0.1) is 0 Å². The van der Waals surface area contributed by atoms with Gasteiger partial charge >= 0.3 is 12.2 Å². The first kappa shape index (κ1) is 41.4. The molecule has 0 spiro atoms. The molecule has 2 aliphatic heterocycles. The van der Waals surface area contributed by atoms with Gasteiger partial charge in [-0.1, -0.05) is 92.7 Å². The monoisotopic (exact) mass is 836 g/mol. The van der Waals surface area contributed by atoms with Crippen molar-refractivity contribution >= 4 is 40.6 Å². The number of amides is 4. The number of carbonyl (C=O) groups excluding carboxylic acids is 5. The minimum atomic E-state index is -1.04. The summed E-state index contributed by atoms with van der Waals surface area (Å²) in [6.45, 7) is 4.28. The quantitative estimate of drug-likeness (QED) is 0.104. The predicted octanol–water partition coefficient (Wildman–Crippen LogP) is 7.27. The van der Waals surface area contributed by atoms with Crippen molar-refractivity contribution in [3.8, 4) is 33.6 Å². The van der Waals surface area contributed by atoms with Gasteiger partial charge in [0.15, 0.2) is 5.78 Å². The van der Waals surface area contributed by atoms with Crippen LogP contribution in [0.1, 0.15) is 68.4 Å². The fraction of sp³-hybridized carbons (Fsp3) is 0.298. The minimum absolute atomic E-state index is 0.0981. The molecule has 318 valence electrons. The van der Waals surface area contributed by atoms with E-state index >= 15 is 0 Å². The largest absolute Gasteiger partial charge is 0.453 e. The fourth-order valence-corrected chi connectivity index (χ4v) is 8.38. The minimum Gasteiger partial charge on any atom is -0.453 e. The number of nitrogens with one attached hydrogen (secondary N) is 4. The van der Waals surface area contributed by atoms with E-state index in [1.165, 1.54) is 19.1 Å². The maximum Gasteiger partial charge on any atom is 0.407 e. The Morgan fingerprint density at radius 1 is 0.694 bits per heavy atom. The van der Waals surface area contributed by atoms with Crippen molar-refractivity contribution in [3.05, 3.63) is 121 Å². The van der Waals surface area contributed by atoms with Gasteiger partial charge in [0.05, 0.1) is 56.6 Å². The summed E-state index contributed by atoms with van der Waals surface area (Å²) < 4.78 is 9.55. The number of hydrogen-bond donors (Lipinski definition) is 4. The van der Waals surface area contributed by atoms with E-state index in [2.05, 4.69) is 62.0 Å². The molecule has 4 amide bonds. The molecule has 62 heavy (non-hydrogen) atoms. The standard InChI is InChI=1S/C47H48N8O7/c1-27(2)40(52-46(59)61-3)44(57)54-20-8-11-38(54)42-48-25-37(51-42)34-19-18-32-21-31(16-17-33(32)22-34)28-12-14-29(15-13-28)36-24-49-43(50-36)39-23-35(56)26-55(39)45(58)41(53-47(60)62-4)30-9-6-5-7-10-30/h5-7,9-10,12-19,21-22,24-25,27,38-41H,8,11,20,23,26H2,1-4H3,(H,48,51)(H,49,50)(H,52,59)(H,53,60)/t38-,39-,40?,41+/m0/s1. The maximum atomic E-state index is 13.9. The Morgan fingerprint density at radius 2 is 1.27 bits per heavy atom. The number of methoxy groups -OCH3 is 2. The third kappa shape index (κ3) is 8.51. The third-order valence-electron chi connectivity index (χ3n) is 11.7. The summed E-state index contributed by atoms with van der Waals surface area (Å²) in [5.74, 6) is 0.386. The number of ether oxygens (including phenoxy) is 2. The Bertz CT molecular complexity index is 2620. The van der Waals surface area contributed by atoms with Crippen LogP contribution in [0.15, 0.2) is 103 Å². The van der Waals surface area contributed by atoms with E-state index < -0.39 is 36.2 Å². The van der Waals surface area contributed by atoms with E-state index in [0.717, 1.165) is 57.3 Å². The van der Waals surface area contributed by atoms with Gasteiger partial charge in [0, 0.05) is 18.5 Å². The molecular weight excluding hydrogens is 789 g/mol. The number of H-pyrrole nitrogens is 2. The number of carbonyl (C=O) groups is 5. The summed E-state index contributed by atoms with van der Waals surface area (Å²) in [6, 6.07) is 26.9. The summed E-state index contributed by atoms with van der Waals surface area (Å²) in [6.07, 6.45) is 3.82. The molecule has 15 heteroatoms. The Hall–Kier alpha value is -7.29. The van der Waals surface area contributed by atoms with Crippen LogP contribution in [0, 0.1) is 5.92 Å². The highest BCUT2D eigenvalue weighted by atomic mass is 16.5. The number of ketones is 1. The van der Waals surface area contributed by atoms with Gasteiger partial charge in [-0.05, 0) is 63.9 Å². The number of benzene rings is 4. The van der Waals surface area contributed by atoms with Crippen molar-refractivity contribution in [3.63, 3.8) is 0 Å². The van der Waals surface area contributed by atoms with Crippen LogP contribution in [0.4, 0.5) is 9.59 Å². The third-order valence-corrected chi connectivity index (χ3v) is 11.7. The molecule has 2 saturated heterocycles. The number of fused-ring (bicyclic) bond motifs is 1. The lowest BCUT2D eigenvalue weighted by Gasteiger charge is -2.30. The summed E-state index contributed by atoms with van der Waals surface area (Å²) >= 11 is 0. The van der Waals surface area contributed by atoms with Gasteiger partial charge in [0.25, 0.3) is 5.91 Å². The molecule has 2 aliphatic rings. The lowest BCUT2D eigenvalue weighted by atomic mass is 9.98. The highest BCUT2D eigenvalue weighted by molar-refractivity contribution is 5.94. The Labute approximate surface area is 358 Å². The van der Waals surface area contributed by atoms with Crippen LogP contribution >= 0.6 is 0 Å². The number of nitrogens with zero attached hydrogens (tertiary/aromatic N) is 4. The van der Waals surface area contributed by atoms with Gasteiger partial charge in [0.2, 0.25) is 5.91 Å². The Kier molecular flexibility index (Phi) is 11.9. The SMILES string of the molecule is COC(=O)NC(C(=O)N1CCC[C@H]1c1ncc(-c2ccc3cc(-c4ccc(-c5cnc([C@@H]6CC(=O)CN6C(=O)[C@H](NC(=O)OC)c6ccccc6)[nH]5)cc4)ccc3c2)[nH]1)C(C)C. The number of Topliss-reactive ketones (excluding diaryl/α,β-unsaturated/α-hetero) is 1. The van der Waals surface area contributed by atoms with E-state index in [4.69, 9.17) is 14.5 Å². The van der Waals surface area contributed by atoms with E-state index in [-0.39, 0.29) is 36.6 Å². The topological polar surface area (TPSA) is 192 Å². The number of rotatable bonds is 11. The lowest BCUT2D eigenvalue weighted by Crippen LogP contribution is -2.51. The molecule has 1 unspecified atom stereocenters. The van der Waals surface area contributed by atoms with Gasteiger partial charge < -0.3 is 39.9 Å². The van der Waals surface area contributed by atoms with Crippen LogP contribution in [0.3, 0.4) is 0 Å². The second-order valence-electron chi connectivity index (χ2n) is 16.0. The number of aromatic amines is 2. The molecule has 0 radical (unpaired) electrons. The van der Waals surface area contributed by atoms with Crippen LogP contribution in [-0.4, -0.2) is 92.9 Å². The van der Waals surface area contributed by atoms with Crippen LogP contribution in [-0.2, 0) is 23.9 Å². The first-order valence-corrected chi connectivity index (χ1v) is 20.6. The number of aromatic nitrogens is 4. The molecule has 4 N–H and O–H groups in total. The maximum absolute atomic E-state index is 13.9. The zero-order valence-electron chi connectivity index (χ0n) is 34.9. The van der Waals surface area contributed by atoms with Crippen molar-refractivity contribution in [1.29, 1.82) is 0 Å². The van der Waals surface area contributed by atoms with E-state index in [9.17, 15) is 24.0 Å². The van der Waals surface area contributed by atoms with Crippen molar-refractivity contribution in [2.75, 3.05) is 27.3 Å². The van der Waals surface area contributed by atoms with Gasteiger partial charge in [-0.2, -0.15) is 0 Å². The van der Waals surface area contributed by atoms with E-state index in [1.54, 1.807) is 41.6 Å². The molecular formula is C47H48N8O7. The zero-order chi connectivity index (χ0) is 43.5. The van der Waals surface area contributed by atoms with Crippen molar-refractivity contribution < 1.29 is 33.4 Å². The Morgan fingerprint density at radius 3 is 1.94 bits per heavy atom. The summed E-state index contributed by atoms with van der Waals surface area (Å²) in [5.41, 5.74) is 6.08. The zero-order valence-corrected chi connectivity index (χ0v) is 34.9. The number of likely N-dealkylation sites (tertiary alicyclic amines) is 2. The first-order chi connectivity index (χ1) is 30.0. The number of imidazole rings is 2. The molecule has 4 aromatic carbocycles. The molecule has 4 atom stereocenters. The van der Waals surface area contributed by atoms with Gasteiger partial charge in [-0.25, -0.2) is 19.6 Å². The van der Waals surface area contributed by atoms with Gasteiger partial charge in [0.1, 0.15) is 23.7 Å². The van der Waals surface area contributed by atoms with E-state index in [0.29, 0.717) is 23.8 Å². The molecule has 4 heterocycles. The molecule has 0 saturated carbocycles. The molecule has 8 rings (SSSR count).